The Kier molecular flexibility index (Phi) is 3.32. The third kappa shape index (κ3) is 2.58. The molecule has 0 bridgehead atoms. The summed E-state index contributed by atoms with van der Waals surface area (Å²) in [5.74, 6) is 0.779. The van der Waals surface area contributed by atoms with Crippen molar-refractivity contribution < 1.29 is 9.53 Å². The molecule has 0 saturated carbocycles. The van der Waals surface area contributed by atoms with Crippen LogP contribution < -0.4 is 16.0 Å². The molecule has 6 heteroatoms. The Hall–Kier alpha value is -1.98. The number of aromatic nitrogens is 1. The second-order valence-electron chi connectivity index (χ2n) is 3.98. The summed E-state index contributed by atoms with van der Waals surface area (Å²) in [4.78, 5) is 17.4. The first-order valence-corrected chi connectivity index (χ1v) is 5.50. The van der Waals surface area contributed by atoms with Crippen LogP contribution >= 0.6 is 0 Å². The average Bonchev–Trinajstić information content (AvgIpc) is 2.78. The molecule has 0 spiro atoms. The van der Waals surface area contributed by atoms with Crippen molar-refractivity contribution in [2.24, 2.45) is 0 Å². The summed E-state index contributed by atoms with van der Waals surface area (Å²) in [7, 11) is 1.36. The van der Waals surface area contributed by atoms with Crippen LogP contribution in [-0.4, -0.2) is 37.3 Å². The predicted molar refractivity (Wildman–Crippen MR) is 64.8 cm³/mol. The average molecular weight is 236 g/mol. The van der Waals surface area contributed by atoms with Crippen LogP contribution in [0.5, 0.6) is 0 Å². The zero-order valence-electron chi connectivity index (χ0n) is 9.72. The minimum absolute atomic E-state index is 0.0869. The fourth-order valence-electron chi connectivity index (χ4n) is 1.97. The maximum absolute atomic E-state index is 11.1. The molecule has 0 aromatic carbocycles. The molecule has 0 aliphatic carbocycles. The van der Waals surface area contributed by atoms with Crippen molar-refractivity contribution in [3.63, 3.8) is 0 Å². The van der Waals surface area contributed by atoms with Crippen LogP contribution in [0.1, 0.15) is 6.42 Å². The van der Waals surface area contributed by atoms with Gasteiger partial charge in [-0.3, -0.25) is 0 Å². The number of ether oxygens (including phenoxy) is 1. The highest BCUT2D eigenvalue weighted by molar-refractivity contribution is 5.68. The molecule has 1 aromatic rings. The van der Waals surface area contributed by atoms with Gasteiger partial charge in [0, 0.05) is 19.3 Å². The third-order valence-electron chi connectivity index (χ3n) is 2.81. The van der Waals surface area contributed by atoms with E-state index in [0.717, 1.165) is 18.8 Å². The lowest BCUT2D eigenvalue weighted by molar-refractivity contribution is 0.167. The molecule has 1 atom stereocenters. The molecule has 2 heterocycles. The summed E-state index contributed by atoms with van der Waals surface area (Å²) in [6, 6.07) is 3.71. The number of carbonyl (C=O) groups excluding carboxylic acids is 1. The monoisotopic (exact) mass is 236 g/mol. The molecule has 6 nitrogen and oxygen atoms in total. The van der Waals surface area contributed by atoms with E-state index in [1.54, 1.807) is 12.3 Å². The number of pyridine rings is 1. The van der Waals surface area contributed by atoms with E-state index >= 15 is 0 Å². The predicted octanol–water partition coefficient (Wildman–Crippen LogP) is 0.598. The van der Waals surface area contributed by atoms with Gasteiger partial charge in [-0.1, -0.05) is 0 Å². The quantitative estimate of drug-likeness (QED) is 0.786. The van der Waals surface area contributed by atoms with Gasteiger partial charge in [0.05, 0.1) is 18.8 Å². The van der Waals surface area contributed by atoms with E-state index in [0.29, 0.717) is 12.2 Å². The molecule has 2 rings (SSSR count). The Balaban J connectivity index is 1.98. The van der Waals surface area contributed by atoms with Crippen LogP contribution in [0.15, 0.2) is 18.3 Å². The van der Waals surface area contributed by atoms with Crippen LogP contribution in [0.25, 0.3) is 0 Å². The third-order valence-corrected chi connectivity index (χ3v) is 2.81. The van der Waals surface area contributed by atoms with E-state index in [2.05, 4.69) is 19.9 Å². The molecule has 1 amide bonds. The first-order valence-electron chi connectivity index (χ1n) is 5.50. The van der Waals surface area contributed by atoms with Crippen LogP contribution in [0.4, 0.5) is 16.3 Å². The number of methoxy groups -OCH3 is 1. The van der Waals surface area contributed by atoms with E-state index in [1.807, 2.05) is 6.07 Å². The maximum Gasteiger partial charge on any atom is 0.407 e. The molecular formula is C11H16N4O2. The Labute approximate surface area is 99.8 Å². The number of rotatable bonds is 2. The Morgan fingerprint density at radius 2 is 2.53 bits per heavy atom. The van der Waals surface area contributed by atoms with Crippen molar-refractivity contribution in [2.45, 2.75) is 12.5 Å². The normalized spacial score (nSPS) is 19.1. The van der Waals surface area contributed by atoms with Crippen molar-refractivity contribution in [1.82, 2.24) is 10.3 Å². The molecule has 1 unspecified atom stereocenters. The van der Waals surface area contributed by atoms with Gasteiger partial charge >= 0.3 is 6.09 Å². The number of anilines is 2. The second-order valence-corrected chi connectivity index (χ2v) is 3.98. The van der Waals surface area contributed by atoms with E-state index < -0.39 is 6.09 Å². The van der Waals surface area contributed by atoms with Crippen molar-refractivity contribution in [3.8, 4) is 0 Å². The van der Waals surface area contributed by atoms with Crippen LogP contribution in [0, 0.1) is 0 Å². The van der Waals surface area contributed by atoms with E-state index in [1.165, 1.54) is 7.11 Å². The maximum atomic E-state index is 11.1. The minimum Gasteiger partial charge on any atom is -0.453 e. The van der Waals surface area contributed by atoms with Gasteiger partial charge in [0.1, 0.15) is 0 Å². The zero-order chi connectivity index (χ0) is 12.3. The molecule has 92 valence electrons. The Morgan fingerprint density at radius 3 is 3.24 bits per heavy atom. The Bertz CT molecular complexity index is 410. The topological polar surface area (TPSA) is 80.5 Å². The summed E-state index contributed by atoms with van der Waals surface area (Å²) < 4.78 is 4.57. The summed E-state index contributed by atoms with van der Waals surface area (Å²) in [6.45, 7) is 1.53. The number of nitrogens with one attached hydrogen (secondary N) is 1. The first kappa shape index (κ1) is 11.5. The van der Waals surface area contributed by atoms with Crippen LogP contribution in [0.2, 0.25) is 0 Å². The number of nitrogens with zero attached hydrogens (tertiary/aromatic N) is 2. The zero-order valence-corrected chi connectivity index (χ0v) is 9.72. The Morgan fingerprint density at radius 1 is 1.71 bits per heavy atom. The lowest BCUT2D eigenvalue weighted by atomic mass is 10.3. The van der Waals surface area contributed by atoms with Gasteiger partial charge in [-0.05, 0) is 18.6 Å². The number of amides is 1. The molecule has 0 radical (unpaired) electrons. The van der Waals surface area contributed by atoms with E-state index in [4.69, 9.17) is 5.73 Å². The van der Waals surface area contributed by atoms with Gasteiger partial charge in [-0.2, -0.15) is 0 Å². The molecule has 1 aromatic heterocycles. The first-order chi connectivity index (χ1) is 8.20. The van der Waals surface area contributed by atoms with Gasteiger partial charge in [-0.15, -0.1) is 0 Å². The molecule has 1 aliphatic heterocycles. The number of hydrogen-bond donors (Lipinski definition) is 2. The van der Waals surface area contributed by atoms with Gasteiger partial charge < -0.3 is 20.7 Å². The molecule has 1 aliphatic rings. The summed E-state index contributed by atoms with van der Waals surface area (Å²) in [6.07, 6.45) is 2.18. The van der Waals surface area contributed by atoms with Crippen molar-refractivity contribution in [2.75, 3.05) is 30.8 Å². The minimum atomic E-state index is -0.397. The summed E-state index contributed by atoms with van der Waals surface area (Å²) in [5, 5.41) is 2.78. The van der Waals surface area contributed by atoms with Gasteiger partial charge in [-0.25, -0.2) is 9.78 Å². The lowest BCUT2D eigenvalue weighted by Crippen LogP contribution is -2.37. The largest absolute Gasteiger partial charge is 0.453 e. The SMILES string of the molecule is COC(=O)NC1CCN(c2ncccc2N)C1. The molecular weight excluding hydrogens is 220 g/mol. The molecule has 1 fully saturated rings. The van der Waals surface area contributed by atoms with Crippen molar-refractivity contribution in [3.05, 3.63) is 18.3 Å². The van der Waals surface area contributed by atoms with Gasteiger partial charge in [0.25, 0.3) is 0 Å². The van der Waals surface area contributed by atoms with Crippen molar-refractivity contribution in [1.29, 1.82) is 0 Å². The lowest BCUT2D eigenvalue weighted by Gasteiger charge is -2.19. The fraction of sp³-hybridized carbons (Fsp3) is 0.455. The fourth-order valence-corrected chi connectivity index (χ4v) is 1.97. The van der Waals surface area contributed by atoms with Crippen molar-refractivity contribution >= 4 is 17.6 Å². The van der Waals surface area contributed by atoms with E-state index in [-0.39, 0.29) is 6.04 Å². The molecule has 3 N–H and O–H groups in total. The summed E-state index contributed by atoms with van der Waals surface area (Å²) >= 11 is 0. The highest BCUT2D eigenvalue weighted by atomic mass is 16.5. The molecule has 17 heavy (non-hydrogen) atoms. The number of alkyl carbamates (subject to hydrolysis) is 1. The van der Waals surface area contributed by atoms with Crippen LogP contribution in [-0.2, 0) is 4.74 Å². The highest BCUT2D eigenvalue weighted by Gasteiger charge is 2.25. The number of hydrogen-bond acceptors (Lipinski definition) is 5. The van der Waals surface area contributed by atoms with Crippen LogP contribution in [0.3, 0.4) is 0 Å². The van der Waals surface area contributed by atoms with Gasteiger partial charge in [0.15, 0.2) is 5.82 Å². The number of nitrogens with two attached hydrogens (primary N) is 1. The number of carbonyl (C=O) groups is 1. The number of nitrogen functional groups attached to an aromatic ring is 1. The van der Waals surface area contributed by atoms with E-state index in [9.17, 15) is 4.79 Å². The smallest absolute Gasteiger partial charge is 0.407 e. The standard InChI is InChI=1S/C11H16N4O2/c1-17-11(16)14-8-4-6-15(7-8)10-9(12)3-2-5-13-10/h2-3,5,8H,4,6-7,12H2,1H3,(H,14,16). The van der Waals surface area contributed by atoms with Gasteiger partial charge in [0.2, 0.25) is 0 Å². The summed E-state index contributed by atoms with van der Waals surface area (Å²) in [5.41, 5.74) is 6.52. The highest BCUT2D eigenvalue weighted by Crippen LogP contribution is 2.23. The molecule has 1 saturated heterocycles. The second kappa shape index (κ2) is 4.90.